The third-order valence-electron chi connectivity index (χ3n) is 9.95. The minimum atomic E-state index is 0.373. The van der Waals surface area contributed by atoms with Gasteiger partial charge in [-0.15, -0.1) is 0 Å². The number of rotatable bonds is 30. The number of benzene rings is 2. The molecular formula is C43H72O2. The Morgan fingerprint density at radius 1 is 0.356 bits per heavy atom. The highest BCUT2D eigenvalue weighted by Crippen LogP contribution is 2.32. The van der Waals surface area contributed by atoms with Gasteiger partial charge in [0, 0.05) is 17.5 Å². The van der Waals surface area contributed by atoms with Crippen molar-refractivity contribution in [1.29, 1.82) is 0 Å². The molecule has 45 heavy (non-hydrogen) atoms. The molecule has 0 aromatic heterocycles. The van der Waals surface area contributed by atoms with Gasteiger partial charge in [-0.1, -0.05) is 192 Å². The molecule has 0 amide bonds. The van der Waals surface area contributed by atoms with Gasteiger partial charge in [-0.05, 0) is 48.9 Å². The largest absolute Gasteiger partial charge is 0.508 e. The molecule has 0 fully saturated rings. The van der Waals surface area contributed by atoms with Crippen LogP contribution in [0.5, 0.6) is 11.5 Å². The zero-order chi connectivity index (χ0) is 32.2. The third kappa shape index (κ3) is 18.7. The molecule has 0 heterocycles. The summed E-state index contributed by atoms with van der Waals surface area (Å²) in [6.07, 6.45) is 38.0. The average Bonchev–Trinajstić information content (AvgIpc) is 3.04. The smallest absolute Gasteiger partial charge is 0.119 e. The van der Waals surface area contributed by atoms with Gasteiger partial charge >= 0.3 is 0 Å². The van der Waals surface area contributed by atoms with Crippen LogP contribution in [-0.2, 0) is 19.3 Å². The number of phenolic OH excluding ortho intramolecular Hbond substituents is 2. The predicted molar refractivity (Wildman–Crippen MR) is 198 cm³/mol. The van der Waals surface area contributed by atoms with Gasteiger partial charge in [-0.25, -0.2) is 0 Å². The Hall–Kier alpha value is -1.96. The molecule has 2 rings (SSSR count). The third-order valence-corrected chi connectivity index (χ3v) is 9.95. The van der Waals surface area contributed by atoms with Gasteiger partial charge in [0.15, 0.2) is 0 Å². The highest BCUT2D eigenvalue weighted by atomic mass is 16.3. The van der Waals surface area contributed by atoms with Gasteiger partial charge in [0.05, 0.1) is 0 Å². The van der Waals surface area contributed by atoms with E-state index in [-0.39, 0.29) is 0 Å². The molecule has 2 nitrogen and oxygen atoms in total. The molecular weight excluding hydrogens is 548 g/mol. The molecule has 2 N–H and O–H groups in total. The monoisotopic (exact) mass is 621 g/mol. The molecule has 0 spiro atoms. The summed E-state index contributed by atoms with van der Waals surface area (Å²) in [6.45, 7) is 4.58. The lowest BCUT2D eigenvalue weighted by molar-refractivity contribution is 0.460. The van der Waals surface area contributed by atoms with E-state index < -0.39 is 0 Å². The number of aryl methyl sites for hydroxylation is 2. The quantitative estimate of drug-likeness (QED) is 0.0853. The molecule has 2 aromatic carbocycles. The van der Waals surface area contributed by atoms with E-state index in [1.165, 1.54) is 178 Å². The van der Waals surface area contributed by atoms with E-state index in [0.29, 0.717) is 17.9 Å². The van der Waals surface area contributed by atoms with Crippen molar-refractivity contribution in [2.24, 2.45) is 0 Å². The van der Waals surface area contributed by atoms with Gasteiger partial charge in [0.1, 0.15) is 11.5 Å². The summed E-state index contributed by atoms with van der Waals surface area (Å²) < 4.78 is 0. The van der Waals surface area contributed by atoms with Gasteiger partial charge in [-0.3, -0.25) is 0 Å². The zero-order valence-electron chi connectivity index (χ0n) is 29.9. The van der Waals surface area contributed by atoms with E-state index in [1.807, 2.05) is 24.3 Å². The first kappa shape index (κ1) is 39.2. The summed E-state index contributed by atoms with van der Waals surface area (Å²) in [5, 5.41) is 21.7. The fraction of sp³-hybridized carbons (Fsp3) is 0.721. The van der Waals surface area contributed by atoms with E-state index in [2.05, 4.69) is 26.0 Å². The molecule has 0 bridgehead atoms. The summed E-state index contributed by atoms with van der Waals surface area (Å²) in [4.78, 5) is 0. The van der Waals surface area contributed by atoms with Crippen LogP contribution < -0.4 is 0 Å². The van der Waals surface area contributed by atoms with Crippen molar-refractivity contribution in [3.05, 3.63) is 58.7 Å². The summed E-state index contributed by atoms with van der Waals surface area (Å²) in [5.41, 5.74) is 4.50. The lowest BCUT2D eigenvalue weighted by Crippen LogP contribution is -2.01. The summed E-state index contributed by atoms with van der Waals surface area (Å²) in [7, 11) is 0. The molecule has 0 saturated carbocycles. The Kier molecular flexibility index (Phi) is 23.7. The summed E-state index contributed by atoms with van der Waals surface area (Å²) in [6, 6.07) is 12.0. The van der Waals surface area contributed by atoms with Crippen LogP contribution in [0.15, 0.2) is 36.4 Å². The Morgan fingerprint density at radius 2 is 0.622 bits per heavy atom. The van der Waals surface area contributed by atoms with E-state index in [9.17, 15) is 10.2 Å². The molecule has 0 aliphatic rings. The molecule has 0 atom stereocenters. The maximum Gasteiger partial charge on any atom is 0.119 e. The fourth-order valence-electron chi connectivity index (χ4n) is 6.96. The SMILES string of the molecule is CCCCCCCCCCCCCCCc1cccc(O)c1Cc1c(O)cccc1CCCCCCCCCCCCCCC. The fourth-order valence-corrected chi connectivity index (χ4v) is 6.96. The Bertz CT molecular complexity index is 887. The van der Waals surface area contributed by atoms with Gasteiger partial charge in [0.2, 0.25) is 0 Å². The molecule has 0 aliphatic heterocycles. The van der Waals surface area contributed by atoms with Crippen LogP contribution in [0.4, 0.5) is 0 Å². The van der Waals surface area contributed by atoms with Gasteiger partial charge in [0.25, 0.3) is 0 Å². The molecule has 0 aliphatic carbocycles. The lowest BCUT2D eigenvalue weighted by atomic mass is 9.91. The van der Waals surface area contributed by atoms with Crippen LogP contribution in [-0.4, -0.2) is 10.2 Å². The minimum Gasteiger partial charge on any atom is -0.508 e. The topological polar surface area (TPSA) is 40.5 Å². The van der Waals surface area contributed by atoms with E-state index in [4.69, 9.17) is 0 Å². The summed E-state index contributed by atoms with van der Waals surface area (Å²) in [5.74, 6) is 0.745. The van der Waals surface area contributed by atoms with Crippen LogP contribution in [0.1, 0.15) is 203 Å². The highest BCUT2D eigenvalue weighted by molar-refractivity contribution is 5.48. The Labute approximate surface area is 279 Å². The zero-order valence-corrected chi connectivity index (χ0v) is 29.9. The van der Waals surface area contributed by atoms with E-state index in [0.717, 1.165) is 24.0 Å². The van der Waals surface area contributed by atoms with Crippen LogP contribution >= 0.6 is 0 Å². The van der Waals surface area contributed by atoms with Crippen molar-refractivity contribution in [2.75, 3.05) is 0 Å². The summed E-state index contributed by atoms with van der Waals surface area (Å²) >= 11 is 0. The number of phenols is 2. The molecule has 0 saturated heterocycles. The molecule has 2 aromatic rings. The second-order valence-electron chi connectivity index (χ2n) is 14.0. The van der Waals surface area contributed by atoms with Crippen molar-refractivity contribution in [1.82, 2.24) is 0 Å². The van der Waals surface area contributed by atoms with Gasteiger partial charge < -0.3 is 10.2 Å². The molecule has 256 valence electrons. The van der Waals surface area contributed by atoms with Crippen molar-refractivity contribution in [3.8, 4) is 11.5 Å². The second kappa shape index (κ2) is 27.2. The first-order valence-electron chi connectivity index (χ1n) is 19.8. The van der Waals surface area contributed by atoms with Crippen molar-refractivity contribution < 1.29 is 10.2 Å². The number of hydrogen-bond donors (Lipinski definition) is 2. The maximum absolute atomic E-state index is 10.9. The van der Waals surface area contributed by atoms with Gasteiger partial charge in [-0.2, -0.15) is 0 Å². The maximum atomic E-state index is 10.9. The standard InChI is InChI=1S/C43H72O2/c1-3-5-7-9-11-13-15-17-19-21-23-25-27-31-38-33-29-35-42(44)40(38)37-41-39(34-30-36-43(41)45)32-28-26-24-22-20-18-16-14-12-10-8-6-4-2/h29-30,33-36,44-45H,3-28,31-32,37H2,1-2H3. The van der Waals surface area contributed by atoms with Crippen LogP contribution in [0.25, 0.3) is 0 Å². The number of aromatic hydroxyl groups is 2. The van der Waals surface area contributed by atoms with Crippen LogP contribution in [0.3, 0.4) is 0 Å². The lowest BCUT2D eigenvalue weighted by Gasteiger charge is -2.16. The van der Waals surface area contributed by atoms with E-state index >= 15 is 0 Å². The molecule has 2 heteroatoms. The van der Waals surface area contributed by atoms with Crippen LogP contribution in [0, 0.1) is 0 Å². The average molecular weight is 621 g/mol. The Balaban J connectivity index is 1.68. The van der Waals surface area contributed by atoms with Crippen LogP contribution in [0.2, 0.25) is 0 Å². The predicted octanol–water partition coefficient (Wildman–Crippen LogP) is 14.0. The number of hydrogen-bond acceptors (Lipinski definition) is 2. The first-order chi connectivity index (χ1) is 22.2. The van der Waals surface area contributed by atoms with Crippen molar-refractivity contribution >= 4 is 0 Å². The molecule has 0 radical (unpaired) electrons. The normalized spacial score (nSPS) is 11.4. The highest BCUT2D eigenvalue weighted by Gasteiger charge is 2.14. The number of unbranched alkanes of at least 4 members (excludes halogenated alkanes) is 24. The first-order valence-corrected chi connectivity index (χ1v) is 19.8. The second-order valence-corrected chi connectivity index (χ2v) is 14.0. The van der Waals surface area contributed by atoms with E-state index in [1.54, 1.807) is 0 Å². The minimum absolute atomic E-state index is 0.373. The van der Waals surface area contributed by atoms with Crippen molar-refractivity contribution in [2.45, 2.75) is 200 Å². The Morgan fingerprint density at radius 3 is 0.911 bits per heavy atom. The molecule has 0 unspecified atom stereocenters. The van der Waals surface area contributed by atoms with Crippen molar-refractivity contribution in [3.63, 3.8) is 0 Å².